The third-order valence-corrected chi connectivity index (χ3v) is 5.77. The van der Waals surface area contributed by atoms with Gasteiger partial charge in [-0.3, -0.25) is 14.2 Å². The minimum Gasteiger partial charge on any atom is -0.305 e. The first-order chi connectivity index (χ1) is 18.3. The van der Waals surface area contributed by atoms with Crippen molar-refractivity contribution in [3.63, 3.8) is 0 Å². The Morgan fingerprint density at radius 2 is 1.71 bits per heavy atom. The first-order valence-corrected chi connectivity index (χ1v) is 11.2. The molecule has 0 saturated carbocycles. The van der Waals surface area contributed by atoms with Crippen molar-refractivity contribution in [1.29, 1.82) is 0 Å². The lowest BCUT2D eigenvalue weighted by atomic mass is 10.1. The van der Waals surface area contributed by atoms with Crippen LogP contribution in [0.15, 0.2) is 85.3 Å². The number of amides is 1. The predicted molar refractivity (Wildman–Crippen MR) is 130 cm³/mol. The summed E-state index contributed by atoms with van der Waals surface area (Å²) in [6.07, 6.45) is -0.424. The number of halogens is 4. The number of alkyl halides is 3. The number of anilines is 1. The van der Waals surface area contributed by atoms with Gasteiger partial charge in [-0.15, -0.1) is 0 Å². The number of imidazole rings is 2. The van der Waals surface area contributed by atoms with Gasteiger partial charge in [0.15, 0.2) is 11.5 Å². The molecule has 0 aliphatic heterocycles. The Morgan fingerprint density at radius 3 is 2.45 bits per heavy atom. The molecule has 1 N–H and O–H groups in total. The molecule has 0 saturated heterocycles. The third-order valence-electron chi connectivity index (χ3n) is 5.77. The number of hydrogen-bond donors (Lipinski definition) is 1. The summed E-state index contributed by atoms with van der Waals surface area (Å²) in [6, 6.07) is 16.8. The largest absolute Gasteiger partial charge is 0.433 e. The van der Waals surface area contributed by atoms with Gasteiger partial charge in [0.05, 0.1) is 17.5 Å². The lowest BCUT2D eigenvalue weighted by Crippen LogP contribution is -2.14. The maximum atomic E-state index is 13.5. The molecule has 1 aromatic carbocycles. The van der Waals surface area contributed by atoms with Crippen LogP contribution in [0, 0.1) is 5.82 Å². The smallest absolute Gasteiger partial charge is 0.305 e. The Hall–Kier alpha value is -5.13. The number of nitrogens with one attached hydrogen (secondary N) is 1. The fourth-order valence-corrected chi connectivity index (χ4v) is 4.00. The maximum Gasteiger partial charge on any atom is 0.433 e. The Bertz CT molecular complexity index is 1810. The number of nitrogens with zero attached hydrogens (tertiary/aromatic N) is 6. The Morgan fingerprint density at radius 1 is 0.895 bits per heavy atom. The van der Waals surface area contributed by atoms with Crippen LogP contribution in [-0.2, 0) is 6.18 Å². The van der Waals surface area contributed by atoms with Crippen LogP contribution in [0.2, 0.25) is 0 Å². The van der Waals surface area contributed by atoms with E-state index in [1.165, 1.54) is 22.8 Å². The molecule has 0 aliphatic carbocycles. The maximum absolute atomic E-state index is 13.5. The SMILES string of the molecule is O=C(Nc1cn2nc(-c3c(-c4ccc(F)cc4)nc4ccccn34)ccc2n1)c1ccc(C(F)(F)F)nc1. The molecule has 1 amide bonds. The monoisotopic (exact) mass is 517 g/mol. The van der Waals surface area contributed by atoms with E-state index in [9.17, 15) is 22.4 Å². The number of pyridine rings is 2. The number of hydrogen-bond acceptors (Lipinski definition) is 5. The molecule has 0 atom stereocenters. The molecule has 0 unspecified atom stereocenters. The average Bonchev–Trinajstić information content (AvgIpc) is 3.49. The van der Waals surface area contributed by atoms with E-state index in [-0.39, 0.29) is 17.2 Å². The number of fused-ring (bicyclic) bond motifs is 2. The van der Waals surface area contributed by atoms with Crippen molar-refractivity contribution < 1.29 is 22.4 Å². The highest BCUT2D eigenvalue weighted by atomic mass is 19.4. The molecule has 0 aliphatic rings. The van der Waals surface area contributed by atoms with E-state index in [0.717, 1.165) is 18.3 Å². The van der Waals surface area contributed by atoms with E-state index in [2.05, 4.69) is 20.4 Å². The molecular formula is C26H15F4N7O. The molecule has 6 rings (SSSR count). The minimum absolute atomic E-state index is 0.0571. The van der Waals surface area contributed by atoms with Crippen LogP contribution < -0.4 is 5.32 Å². The lowest BCUT2D eigenvalue weighted by molar-refractivity contribution is -0.141. The molecule has 5 aromatic heterocycles. The van der Waals surface area contributed by atoms with Crippen molar-refractivity contribution in [3.05, 3.63) is 102 Å². The zero-order valence-electron chi connectivity index (χ0n) is 19.2. The second-order valence-corrected chi connectivity index (χ2v) is 8.28. The quantitative estimate of drug-likeness (QED) is 0.311. The highest BCUT2D eigenvalue weighted by molar-refractivity contribution is 6.03. The summed E-state index contributed by atoms with van der Waals surface area (Å²) < 4.78 is 55.1. The van der Waals surface area contributed by atoms with E-state index in [1.54, 1.807) is 24.3 Å². The van der Waals surface area contributed by atoms with Crippen molar-refractivity contribution in [1.82, 2.24) is 29.0 Å². The molecule has 12 heteroatoms. The van der Waals surface area contributed by atoms with Crippen LogP contribution in [0.5, 0.6) is 0 Å². The summed E-state index contributed by atoms with van der Waals surface area (Å²) in [5.41, 5.74) is 2.47. The molecule has 8 nitrogen and oxygen atoms in total. The molecule has 5 heterocycles. The van der Waals surface area contributed by atoms with E-state index in [1.807, 2.05) is 28.8 Å². The van der Waals surface area contributed by atoms with Crippen molar-refractivity contribution in [2.75, 3.05) is 5.32 Å². The van der Waals surface area contributed by atoms with Gasteiger partial charge in [0.2, 0.25) is 0 Å². The van der Waals surface area contributed by atoms with Crippen LogP contribution >= 0.6 is 0 Å². The van der Waals surface area contributed by atoms with Crippen molar-refractivity contribution >= 4 is 23.0 Å². The second kappa shape index (κ2) is 8.76. The zero-order valence-corrected chi connectivity index (χ0v) is 19.2. The summed E-state index contributed by atoms with van der Waals surface area (Å²) in [5.74, 6) is -0.884. The van der Waals surface area contributed by atoms with Gasteiger partial charge in [-0.05, 0) is 60.7 Å². The summed E-state index contributed by atoms with van der Waals surface area (Å²) >= 11 is 0. The fourth-order valence-electron chi connectivity index (χ4n) is 4.00. The topological polar surface area (TPSA) is 89.5 Å². The molecular weight excluding hydrogens is 502 g/mol. The summed E-state index contributed by atoms with van der Waals surface area (Å²) in [7, 11) is 0. The molecule has 0 fully saturated rings. The van der Waals surface area contributed by atoms with E-state index in [4.69, 9.17) is 4.98 Å². The van der Waals surface area contributed by atoms with E-state index in [0.29, 0.717) is 33.9 Å². The fraction of sp³-hybridized carbons (Fsp3) is 0.0385. The molecule has 6 aromatic rings. The lowest BCUT2D eigenvalue weighted by Gasteiger charge is -2.06. The van der Waals surface area contributed by atoms with Crippen LogP contribution in [0.4, 0.5) is 23.4 Å². The van der Waals surface area contributed by atoms with Gasteiger partial charge >= 0.3 is 6.18 Å². The van der Waals surface area contributed by atoms with Gasteiger partial charge in [0.25, 0.3) is 5.91 Å². The first-order valence-electron chi connectivity index (χ1n) is 11.2. The highest BCUT2D eigenvalue weighted by Gasteiger charge is 2.32. The van der Waals surface area contributed by atoms with Crippen LogP contribution in [0.1, 0.15) is 16.1 Å². The summed E-state index contributed by atoms with van der Waals surface area (Å²) in [4.78, 5) is 24.9. The minimum atomic E-state index is -4.60. The van der Waals surface area contributed by atoms with Crippen molar-refractivity contribution in [2.45, 2.75) is 6.18 Å². The Labute approximate surface area is 211 Å². The van der Waals surface area contributed by atoms with Gasteiger partial charge in [-0.1, -0.05) is 6.07 Å². The van der Waals surface area contributed by atoms with Crippen LogP contribution in [0.3, 0.4) is 0 Å². The predicted octanol–water partition coefficient (Wildman–Crippen LogP) is 5.52. The normalized spacial score (nSPS) is 11.8. The van der Waals surface area contributed by atoms with Gasteiger partial charge in [0, 0.05) is 18.0 Å². The van der Waals surface area contributed by atoms with E-state index >= 15 is 0 Å². The number of aromatic nitrogens is 6. The van der Waals surface area contributed by atoms with Crippen molar-refractivity contribution in [2.24, 2.45) is 0 Å². The van der Waals surface area contributed by atoms with E-state index < -0.39 is 17.8 Å². The third kappa shape index (κ3) is 4.21. The van der Waals surface area contributed by atoms with Crippen molar-refractivity contribution in [3.8, 4) is 22.6 Å². The van der Waals surface area contributed by atoms with Crippen LogP contribution in [0.25, 0.3) is 33.9 Å². The van der Waals surface area contributed by atoms with Gasteiger partial charge in [-0.25, -0.2) is 18.9 Å². The number of benzene rings is 1. The Balaban J connectivity index is 1.35. The molecule has 0 bridgehead atoms. The molecule has 38 heavy (non-hydrogen) atoms. The summed E-state index contributed by atoms with van der Waals surface area (Å²) in [6.45, 7) is 0. The zero-order chi connectivity index (χ0) is 26.4. The van der Waals surface area contributed by atoms with Crippen LogP contribution in [-0.4, -0.2) is 34.9 Å². The average molecular weight is 517 g/mol. The van der Waals surface area contributed by atoms with Gasteiger partial charge in [0.1, 0.15) is 28.5 Å². The molecule has 188 valence electrons. The number of carbonyl (C=O) groups excluding carboxylic acids is 1. The van der Waals surface area contributed by atoms with Gasteiger partial charge < -0.3 is 5.32 Å². The Kier molecular flexibility index (Phi) is 5.37. The second-order valence-electron chi connectivity index (χ2n) is 8.28. The number of rotatable bonds is 4. The number of carbonyl (C=O) groups is 1. The first kappa shape index (κ1) is 23.3. The van der Waals surface area contributed by atoms with Gasteiger partial charge in [-0.2, -0.15) is 18.3 Å². The summed E-state index contributed by atoms with van der Waals surface area (Å²) in [5, 5.41) is 7.19. The highest BCUT2D eigenvalue weighted by Crippen LogP contribution is 2.32. The standard InChI is InChI=1S/C26H15F4N7O/c27-17-7-4-15(5-8-17)23-24(36-12-2-1-3-21(36)34-23)18-9-11-22-32-20(14-37(22)35-18)33-25(38)16-6-10-19(31-13-16)26(28,29)30/h1-14H,(H,33,38). The molecule has 0 radical (unpaired) electrons. The molecule has 0 spiro atoms.